The van der Waals surface area contributed by atoms with Gasteiger partial charge in [0.1, 0.15) is 17.2 Å². The maximum absolute atomic E-state index is 13.7. The number of hydrogen-bond donors (Lipinski definition) is 2. The standard InChI is InChI=1S/C29H26N4O3/c1-35-21-12-13-23-19(17-21)16-20(30-23)14-15-33-28(22-10-6-7-11-24(22)36-2)25-26(18-8-4-3-5-9-18)31-32-27(25)29(33)34/h3-13,16-17,28,30H,14-15H2,1-2H3,(H,31,32). The molecule has 1 unspecified atom stereocenters. The van der Waals surface area contributed by atoms with Crippen LogP contribution in [0, 0.1) is 0 Å². The van der Waals surface area contributed by atoms with Crippen LogP contribution in [0.4, 0.5) is 0 Å². The van der Waals surface area contributed by atoms with Gasteiger partial charge in [0.25, 0.3) is 5.91 Å². The van der Waals surface area contributed by atoms with Gasteiger partial charge in [-0.3, -0.25) is 9.89 Å². The third kappa shape index (κ3) is 3.60. The van der Waals surface area contributed by atoms with Crippen LogP contribution < -0.4 is 9.47 Å². The Morgan fingerprint density at radius 1 is 0.944 bits per heavy atom. The Balaban J connectivity index is 1.39. The smallest absolute Gasteiger partial charge is 0.273 e. The summed E-state index contributed by atoms with van der Waals surface area (Å²) >= 11 is 0. The number of nitrogens with one attached hydrogen (secondary N) is 2. The fourth-order valence-corrected chi connectivity index (χ4v) is 5.13. The SMILES string of the molecule is COc1ccc2[nH]c(CCN3C(=O)c4[nH]nc(-c5ccccc5)c4C3c3ccccc3OC)cc2c1. The molecule has 1 aliphatic rings. The summed E-state index contributed by atoms with van der Waals surface area (Å²) < 4.78 is 11.1. The molecule has 1 atom stereocenters. The van der Waals surface area contributed by atoms with E-state index in [9.17, 15) is 4.79 Å². The second-order valence-electron chi connectivity index (χ2n) is 8.87. The van der Waals surface area contributed by atoms with Crippen molar-refractivity contribution in [3.63, 3.8) is 0 Å². The summed E-state index contributed by atoms with van der Waals surface area (Å²) in [5.41, 5.74) is 6.21. The number of nitrogens with zero attached hydrogens (tertiary/aromatic N) is 2. The Kier molecular flexibility index (Phi) is 5.45. The summed E-state index contributed by atoms with van der Waals surface area (Å²) in [6.45, 7) is 0.530. The van der Waals surface area contributed by atoms with Crippen molar-refractivity contribution >= 4 is 16.8 Å². The molecule has 0 bridgehead atoms. The summed E-state index contributed by atoms with van der Waals surface area (Å²) in [7, 11) is 3.33. The van der Waals surface area contributed by atoms with Gasteiger partial charge in [-0.2, -0.15) is 5.10 Å². The van der Waals surface area contributed by atoms with E-state index in [0.29, 0.717) is 18.7 Å². The van der Waals surface area contributed by atoms with E-state index in [-0.39, 0.29) is 11.9 Å². The Hall–Kier alpha value is -4.52. The fourth-order valence-electron chi connectivity index (χ4n) is 5.13. The van der Waals surface area contributed by atoms with Gasteiger partial charge in [-0.25, -0.2) is 0 Å². The normalized spacial score (nSPS) is 14.9. The third-order valence-electron chi connectivity index (χ3n) is 6.85. The Labute approximate surface area is 208 Å². The number of rotatable bonds is 7. The van der Waals surface area contributed by atoms with Crippen LogP contribution in [0.3, 0.4) is 0 Å². The van der Waals surface area contributed by atoms with Gasteiger partial charge in [0.2, 0.25) is 0 Å². The van der Waals surface area contributed by atoms with E-state index in [1.807, 2.05) is 77.7 Å². The predicted octanol–water partition coefficient (Wildman–Crippen LogP) is 5.36. The second kappa shape index (κ2) is 8.92. The first-order valence-corrected chi connectivity index (χ1v) is 11.9. The molecule has 1 amide bonds. The van der Waals surface area contributed by atoms with Crippen LogP contribution in [-0.2, 0) is 6.42 Å². The summed E-state index contributed by atoms with van der Waals surface area (Å²) in [6.07, 6.45) is 0.673. The summed E-state index contributed by atoms with van der Waals surface area (Å²) in [6, 6.07) is 25.6. The van der Waals surface area contributed by atoms with E-state index in [1.165, 1.54) is 0 Å². The van der Waals surface area contributed by atoms with E-state index < -0.39 is 0 Å². The van der Waals surface area contributed by atoms with E-state index in [1.54, 1.807) is 14.2 Å². The highest BCUT2D eigenvalue weighted by atomic mass is 16.5. The van der Waals surface area contributed by atoms with Gasteiger partial charge in [0.05, 0.1) is 26.0 Å². The lowest BCUT2D eigenvalue weighted by molar-refractivity contribution is 0.0744. The van der Waals surface area contributed by atoms with E-state index in [0.717, 1.165) is 50.5 Å². The first kappa shape index (κ1) is 22.0. The molecule has 180 valence electrons. The number of methoxy groups -OCH3 is 2. The zero-order valence-electron chi connectivity index (χ0n) is 20.1. The highest BCUT2D eigenvalue weighted by Gasteiger charge is 2.43. The maximum Gasteiger partial charge on any atom is 0.273 e. The largest absolute Gasteiger partial charge is 0.497 e. The quantitative estimate of drug-likeness (QED) is 0.330. The minimum Gasteiger partial charge on any atom is -0.497 e. The minimum atomic E-state index is -0.318. The number of hydrogen-bond acceptors (Lipinski definition) is 4. The molecule has 0 saturated carbocycles. The van der Waals surface area contributed by atoms with Crippen LogP contribution >= 0.6 is 0 Å². The molecule has 36 heavy (non-hydrogen) atoms. The van der Waals surface area contributed by atoms with Crippen molar-refractivity contribution in [3.8, 4) is 22.8 Å². The molecule has 5 aromatic rings. The monoisotopic (exact) mass is 478 g/mol. The number of para-hydroxylation sites is 1. The molecule has 6 rings (SSSR count). The molecule has 2 N–H and O–H groups in total. The lowest BCUT2D eigenvalue weighted by Crippen LogP contribution is -2.31. The number of H-pyrrole nitrogens is 2. The first-order chi connectivity index (χ1) is 17.7. The van der Waals surface area contributed by atoms with Gasteiger partial charge in [0.15, 0.2) is 0 Å². The maximum atomic E-state index is 13.7. The summed E-state index contributed by atoms with van der Waals surface area (Å²) in [4.78, 5) is 19.1. The molecule has 0 spiro atoms. The molecule has 1 aliphatic heterocycles. The molecule has 0 radical (unpaired) electrons. The first-order valence-electron chi connectivity index (χ1n) is 11.9. The van der Waals surface area contributed by atoms with Crippen LogP contribution in [0.1, 0.15) is 33.4 Å². The number of aromatic amines is 2. The van der Waals surface area contributed by atoms with Crippen LogP contribution in [0.15, 0.2) is 78.9 Å². The average molecular weight is 479 g/mol. The van der Waals surface area contributed by atoms with Crippen LogP contribution in [0.5, 0.6) is 11.5 Å². The van der Waals surface area contributed by atoms with Gasteiger partial charge < -0.3 is 19.4 Å². The van der Waals surface area contributed by atoms with Gasteiger partial charge in [-0.1, -0.05) is 48.5 Å². The minimum absolute atomic E-state index is 0.0617. The number of ether oxygens (including phenoxy) is 2. The fraction of sp³-hybridized carbons (Fsp3) is 0.172. The molecule has 2 aromatic heterocycles. The van der Waals surface area contributed by atoms with E-state index >= 15 is 0 Å². The molecule has 3 aromatic carbocycles. The molecule has 0 aliphatic carbocycles. The highest BCUT2D eigenvalue weighted by molar-refractivity contribution is 6.00. The van der Waals surface area contributed by atoms with Crippen molar-refractivity contribution in [3.05, 3.63) is 101 Å². The summed E-state index contributed by atoms with van der Waals surface area (Å²) in [5.74, 6) is 1.50. The van der Waals surface area contributed by atoms with E-state index in [2.05, 4.69) is 21.2 Å². The van der Waals surface area contributed by atoms with E-state index in [4.69, 9.17) is 9.47 Å². The molecular weight excluding hydrogens is 452 g/mol. The van der Waals surface area contributed by atoms with Gasteiger partial charge in [-0.15, -0.1) is 0 Å². The van der Waals surface area contributed by atoms with Crippen molar-refractivity contribution in [2.75, 3.05) is 20.8 Å². The number of aromatic nitrogens is 3. The van der Waals surface area contributed by atoms with Crippen molar-refractivity contribution < 1.29 is 14.3 Å². The lowest BCUT2D eigenvalue weighted by Gasteiger charge is -2.27. The predicted molar refractivity (Wildman–Crippen MR) is 138 cm³/mol. The van der Waals surface area contributed by atoms with Crippen LogP contribution in [-0.4, -0.2) is 46.8 Å². The lowest BCUT2D eigenvalue weighted by atomic mass is 9.95. The summed E-state index contributed by atoms with van der Waals surface area (Å²) in [5, 5.41) is 8.67. The molecule has 3 heterocycles. The number of carbonyl (C=O) groups excluding carboxylic acids is 1. The second-order valence-corrected chi connectivity index (χ2v) is 8.87. The topological polar surface area (TPSA) is 83.2 Å². The highest BCUT2D eigenvalue weighted by Crippen LogP contribution is 2.45. The van der Waals surface area contributed by atoms with Crippen molar-refractivity contribution in [2.45, 2.75) is 12.5 Å². The average Bonchev–Trinajstić information content (AvgIpc) is 3.61. The molecule has 0 fully saturated rings. The number of carbonyl (C=O) groups is 1. The Morgan fingerprint density at radius 2 is 1.75 bits per heavy atom. The van der Waals surface area contributed by atoms with Crippen molar-refractivity contribution in [1.29, 1.82) is 0 Å². The number of fused-ring (bicyclic) bond motifs is 2. The van der Waals surface area contributed by atoms with Crippen LogP contribution in [0.25, 0.3) is 22.2 Å². The zero-order chi connectivity index (χ0) is 24.6. The number of amides is 1. The van der Waals surface area contributed by atoms with Crippen molar-refractivity contribution in [2.24, 2.45) is 0 Å². The molecule has 7 nitrogen and oxygen atoms in total. The third-order valence-corrected chi connectivity index (χ3v) is 6.85. The molecule has 7 heteroatoms. The molecular formula is C29H26N4O3. The Morgan fingerprint density at radius 3 is 2.56 bits per heavy atom. The Bertz CT molecular complexity index is 1550. The molecule has 0 saturated heterocycles. The van der Waals surface area contributed by atoms with Gasteiger partial charge >= 0.3 is 0 Å². The van der Waals surface area contributed by atoms with Crippen LogP contribution in [0.2, 0.25) is 0 Å². The van der Waals surface area contributed by atoms with Gasteiger partial charge in [0, 0.05) is 46.3 Å². The zero-order valence-corrected chi connectivity index (χ0v) is 20.1. The number of benzene rings is 3. The van der Waals surface area contributed by atoms with Gasteiger partial charge in [-0.05, 0) is 30.3 Å². The van der Waals surface area contributed by atoms with Crippen molar-refractivity contribution in [1.82, 2.24) is 20.1 Å².